The lowest BCUT2D eigenvalue weighted by Gasteiger charge is -2.26. The number of hydrogen-bond donors (Lipinski definition) is 1. The maximum absolute atomic E-state index is 12.2. The van der Waals surface area contributed by atoms with Crippen LogP contribution < -0.4 is 10.1 Å². The van der Waals surface area contributed by atoms with Gasteiger partial charge in [-0.25, -0.2) is 9.78 Å². The van der Waals surface area contributed by atoms with Crippen LogP contribution in [0.1, 0.15) is 40.2 Å². The van der Waals surface area contributed by atoms with Gasteiger partial charge in [0.15, 0.2) is 0 Å². The van der Waals surface area contributed by atoms with Crippen molar-refractivity contribution in [2.24, 2.45) is 5.92 Å². The fourth-order valence-corrected chi connectivity index (χ4v) is 3.82. The van der Waals surface area contributed by atoms with Crippen molar-refractivity contribution in [3.63, 3.8) is 0 Å². The van der Waals surface area contributed by atoms with E-state index in [0.717, 1.165) is 25.7 Å². The van der Waals surface area contributed by atoms with E-state index < -0.39 is 11.7 Å². The Morgan fingerprint density at radius 3 is 2.56 bits per heavy atom. The largest absolute Gasteiger partial charge is 0.496 e. The van der Waals surface area contributed by atoms with Crippen molar-refractivity contribution in [3.8, 4) is 16.3 Å². The fourth-order valence-electron chi connectivity index (χ4n) is 2.59. The predicted octanol–water partition coefficient (Wildman–Crippen LogP) is 5.67. The minimum atomic E-state index is -0.517. The minimum absolute atomic E-state index is 0.0378. The molecule has 0 saturated carbocycles. The zero-order valence-corrected chi connectivity index (χ0v) is 19.0. The summed E-state index contributed by atoms with van der Waals surface area (Å²) in [7, 11) is 1.65. The molecular formula is C20H27BrN2O3S. The molecule has 0 fully saturated rings. The Balaban J connectivity index is 2.21. The number of halogens is 1. The quantitative estimate of drug-likeness (QED) is 0.610. The van der Waals surface area contributed by atoms with E-state index in [9.17, 15) is 4.79 Å². The molecule has 1 atom stereocenters. The van der Waals surface area contributed by atoms with Crippen LogP contribution in [-0.2, 0) is 11.2 Å². The Morgan fingerprint density at radius 1 is 1.33 bits per heavy atom. The summed E-state index contributed by atoms with van der Waals surface area (Å²) in [5.74, 6) is 1.04. The number of benzene rings is 1. The lowest BCUT2D eigenvalue weighted by molar-refractivity contribution is 0.0490. The van der Waals surface area contributed by atoms with E-state index in [1.54, 1.807) is 24.6 Å². The summed E-state index contributed by atoms with van der Waals surface area (Å²) in [5.41, 5.74) is 1.54. The molecule has 7 heteroatoms. The van der Waals surface area contributed by atoms with E-state index in [1.165, 1.54) is 0 Å². The van der Waals surface area contributed by atoms with Gasteiger partial charge in [0.2, 0.25) is 0 Å². The first-order valence-corrected chi connectivity index (χ1v) is 10.5. The van der Waals surface area contributed by atoms with Crippen LogP contribution in [0.5, 0.6) is 5.75 Å². The molecular weight excluding hydrogens is 428 g/mol. The van der Waals surface area contributed by atoms with Crippen LogP contribution in [0.2, 0.25) is 0 Å². The molecule has 1 unspecified atom stereocenters. The van der Waals surface area contributed by atoms with Gasteiger partial charge in [0, 0.05) is 6.04 Å². The summed E-state index contributed by atoms with van der Waals surface area (Å²) >= 11 is 5.02. The number of hydrogen-bond acceptors (Lipinski definition) is 5. The van der Waals surface area contributed by atoms with Crippen molar-refractivity contribution in [1.29, 1.82) is 0 Å². The molecule has 148 valence electrons. The number of alkyl carbamates (subject to hydrolysis) is 1. The lowest BCUT2D eigenvalue weighted by Crippen LogP contribution is -2.43. The fraction of sp³-hybridized carbons (Fsp3) is 0.500. The second kappa shape index (κ2) is 9.06. The van der Waals surface area contributed by atoms with Crippen molar-refractivity contribution in [2.45, 2.75) is 52.7 Å². The molecule has 2 rings (SSSR count). The van der Waals surface area contributed by atoms with Gasteiger partial charge in [-0.05, 0) is 66.7 Å². The van der Waals surface area contributed by atoms with Gasteiger partial charge in [0.05, 0.1) is 22.7 Å². The van der Waals surface area contributed by atoms with Gasteiger partial charge in [0.1, 0.15) is 16.4 Å². The summed E-state index contributed by atoms with van der Waals surface area (Å²) in [6.07, 6.45) is 2.09. The molecule has 0 spiro atoms. The van der Waals surface area contributed by atoms with Gasteiger partial charge in [0.25, 0.3) is 0 Å². The molecule has 5 nitrogen and oxygen atoms in total. The summed E-state index contributed by atoms with van der Waals surface area (Å²) in [5, 5.41) is 3.89. The Morgan fingerprint density at radius 2 is 2.04 bits per heavy atom. The average molecular weight is 455 g/mol. The van der Waals surface area contributed by atoms with E-state index in [1.807, 2.05) is 32.9 Å². The highest BCUT2D eigenvalue weighted by molar-refractivity contribution is 9.11. The number of aromatic nitrogens is 1. The molecule has 27 heavy (non-hydrogen) atoms. The van der Waals surface area contributed by atoms with Crippen LogP contribution in [0.3, 0.4) is 0 Å². The molecule has 0 aliphatic carbocycles. The number of amides is 1. The molecule has 1 aromatic heterocycles. The second-order valence-electron chi connectivity index (χ2n) is 7.71. The van der Waals surface area contributed by atoms with E-state index in [-0.39, 0.29) is 12.0 Å². The number of rotatable bonds is 6. The SMILES string of the molecule is COc1ccc(CC(NC(=O)OC(C)(C)C)C(C)C)cc1-c1ncc(Br)s1. The number of thiazole rings is 1. The van der Waals surface area contributed by atoms with E-state index in [2.05, 4.69) is 46.1 Å². The smallest absolute Gasteiger partial charge is 0.407 e. The minimum Gasteiger partial charge on any atom is -0.496 e. The number of nitrogens with one attached hydrogen (secondary N) is 1. The summed E-state index contributed by atoms with van der Waals surface area (Å²) in [6, 6.07) is 6.02. The Bertz CT molecular complexity index is 784. The van der Waals surface area contributed by atoms with Gasteiger partial charge in [-0.15, -0.1) is 11.3 Å². The zero-order chi connectivity index (χ0) is 20.2. The van der Waals surface area contributed by atoms with Crippen LogP contribution in [0.15, 0.2) is 28.2 Å². The van der Waals surface area contributed by atoms with Crippen molar-refractivity contribution >= 4 is 33.4 Å². The molecule has 0 saturated heterocycles. The van der Waals surface area contributed by atoms with E-state index >= 15 is 0 Å². The Kier molecular flexibility index (Phi) is 7.28. The first-order valence-electron chi connectivity index (χ1n) is 8.87. The van der Waals surface area contributed by atoms with Crippen LogP contribution in [0.25, 0.3) is 10.6 Å². The first kappa shape index (κ1) is 21.7. The number of ether oxygens (including phenoxy) is 2. The van der Waals surface area contributed by atoms with Crippen molar-refractivity contribution in [3.05, 3.63) is 33.7 Å². The van der Waals surface area contributed by atoms with Crippen LogP contribution in [0.4, 0.5) is 4.79 Å². The number of methoxy groups -OCH3 is 1. The predicted molar refractivity (Wildman–Crippen MR) is 114 cm³/mol. The monoisotopic (exact) mass is 454 g/mol. The highest BCUT2D eigenvalue weighted by Gasteiger charge is 2.22. The molecule has 2 aromatic rings. The third-order valence-corrected chi connectivity index (χ3v) is 5.44. The van der Waals surface area contributed by atoms with Gasteiger partial charge in [-0.3, -0.25) is 0 Å². The van der Waals surface area contributed by atoms with Crippen LogP contribution >= 0.6 is 27.3 Å². The van der Waals surface area contributed by atoms with Gasteiger partial charge < -0.3 is 14.8 Å². The van der Waals surface area contributed by atoms with Gasteiger partial charge in [-0.1, -0.05) is 19.9 Å². The normalized spacial score (nSPS) is 12.7. The highest BCUT2D eigenvalue weighted by atomic mass is 79.9. The number of nitrogens with zero attached hydrogens (tertiary/aromatic N) is 1. The van der Waals surface area contributed by atoms with E-state index in [4.69, 9.17) is 9.47 Å². The lowest BCUT2D eigenvalue weighted by atomic mass is 9.95. The number of carbonyl (C=O) groups is 1. The maximum Gasteiger partial charge on any atom is 0.407 e. The summed E-state index contributed by atoms with van der Waals surface area (Å²) in [6.45, 7) is 9.76. The molecule has 1 aromatic carbocycles. The highest BCUT2D eigenvalue weighted by Crippen LogP contribution is 2.35. The van der Waals surface area contributed by atoms with Crippen molar-refractivity contribution in [2.75, 3.05) is 7.11 Å². The molecule has 0 bridgehead atoms. The topological polar surface area (TPSA) is 60.5 Å². The number of carbonyl (C=O) groups excluding carboxylic acids is 1. The van der Waals surface area contributed by atoms with Crippen LogP contribution in [-0.4, -0.2) is 29.8 Å². The third-order valence-electron chi connectivity index (χ3n) is 3.93. The van der Waals surface area contributed by atoms with Crippen molar-refractivity contribution in [1.82, 2.24) is 10.3 Å². The summed E-state index contributed by atoms with van der Waals surface area (Å²) in [4.78, 5) is 16.6. The molecule has 1 amide bonds. The van der Waals surface area contributed by atoms with Gasteiger partial charge >= 0.3 is 6.09 Å². The third kappa shape index (κ3) is 6.50. The van der Waals surface area contributed by atoms with Crippen molar-refractivity contribution < 1.29 is 14.3 Å². The molecule has 0 radical (unpaired) electrons. The molecule has 0 aliphatic rings. The standard InChI is InChI=1S/C20H27BrN2O3S/c1-12(2)15(23-19(24)26-20(3,4)5)10-13-7-8-16(25-6)14(9-13)18-22-11-17(21)27-18/h7-9,11-12,15H,10H2,1-6H3,(H,23,24). The molecule has 0 aliphatic heterocycles. The molecule has 1 N–H and O–H groups in total. The van der Waals surface area contributed by atoms with Crippen LogP contribution in [0, 0.1) is 5.92 Å². The zero-order valence-electron chi connectivity index (χ0n) is 16.6. The molecule has 1 heterocycles. The van der Waals surface area contributed by atoms with E-state index in [0.29, 0.717) is 6.42 Å². The Labute approximate surface area is 173 Å². The average Bonchev–Trinajstić information content (AvgIpc) is 2.98. The first-order chi connectivity index (χ1) is 12.6. The maximum atomic E-state index is 12.2. The Hall–Kier alpha value is -1.60. The van der Waals surface area contributed by atoms with Gasteiger partial charge in [-0.2, -0.15) is 0 Å². The summed E-state index contributed by atoms with van der Waals surface area (Å²) < 4.78 is 11.9. The second-order valence-corrected chi connectivity index (χ2v) is 10.1.